The highest BCUT2D eigenvalue weighted by Crippen LogP contribution is 2.60. The molecule has 3 aliphatic carbocycles. The minimum Gasteiger partial charge on any atom is -0.0599 e. The molecule has 0 N–H and O–H groups in total. The van der Waals surface area contributed by atoms with Gasteiger partial charge in [-0.25, -0.2) is 0 Å². The van der Waals surface area contributed by atoms with Crippen LogP contribution in [0.1, 0.15) is 40.0 Å². The Morgan fingerprint density at radius 3 is 2.10 bits per heavy atom. The quantitative estimate of drug-likeness (QED) is 0.480. The van der Waals surface area contributed by atoms with Crippen molar-refractivity contribution in [2.24, 2.45) is 16.7 Å². The largest absolute Gasteiger partial charge is 0.0599 e. The fourth-order valence-electron chi connectivity index (χ4n) is 3.06. The second-order valence-electron chi connectivity index (χ2n) is 5.15. The molecule has 0 aromatic carbocycles. The zero-order chi connectivity index (χ0) is 7.41. The van der Waals surface area contributed by atoms with Gasteiger partial charge in [-0.3, -0.25) is 0 Å². The smallest absolute Gasteiger partial charge is 0.00743 e. The maximum Gasteiger partial charge on any atom is -0.00743 e. The molecule has 2 atom stereocenters. The van der Waals surface area contributed by atoms with Crippen molar-refractivity contribution >= 4 is 0 Å². The van der Waals surface area contributed by atoms with Gasteiger partial charge in [0, 0.05) is 0 Å². The van der Waals surface area contributed by atoms with Crippen LogP contribution in [0.2, 0.25) is 0 Å². The molecule has 2 radical (unpaired) electrons. The van der Waals surface area contributed by atoms with Gasteiger partial charge in [-0.1, -0.05) is 20.8 Å². The second-order valence-corrected chi connectivity index (χ2v) is 5.15. The van der Waals surface area contributed by atoms with Crippen LogP contribution in [-0.2, 0) is 0 Å². The third kappa shape index (κ3) is 0.889. The molecule has 0 nitrogen and oxygen atoms in total. The van der Waals surface area contributed by atoms with Crippen molar-refractivity contribution in [3.8, 4) is 0 Å². The van der Waals surface area contributed by atoms with Gasteiger partial charge in [0.15, 0.2) is 0 Å². The predicted octanol–water partition coefficient (Wildman–Crippen LogP) is 2.91. The predicted molar refractivity (Wildman–Crippen MR) is 42.5 cm³/mol. The van der Waals surface area contributed by atoms with Crippen molar-refractivity contribution in [3.05, 3.63) is 6.42 Å². The Morgan fingerprint density at radius 2 is 1.80 bits per heavy atom. The molecule has 0 aromatic heterocycles. The summed E-state index contributed by atoms with van der Waals surface area (Å²) < 4.78 is 0. The van der Waals surface area contributed by atoms with Crippen LogP contribution in [0, 0.1) is 23.2 Å². The van der Waals surface area contributed by atoms with Crippen LogP contribution in [0.3, 0.4) is 0 Å². The summed E-state index contributed by atoms with van der Waals surface area (Å²) in [7, 11) is 0. The Kier molecular flexibility index (Phi) is 1.07. The van der Waals surface area contributed by atoms with Gasteiger partial charge in [0.05, 0.1) is 0 Å². The molecule has 10 heavy (non-hydrogen) atoms. The first-order chi connectivity index (χ1) is 4.49. The van der Waals surface area contributed by atoms with Gasteiger partial charge in [0.2, 0.25) is 0 Å². The Bertz CT molecular complexity index is 147. The highest BCUT2D eigenvalue weighted by atomic mass is 14.5. The standard InChI is InChI=1S/C10H16/c1-9(2)4-8-5-10(3,6-8)7-9/h8H,4-5,7H2,1-3H3. The molecule has 0 heterocycles. The molecule has 3 saturated carbocycles. The first kappa shape index (κ1) is 6.69. The van der Waals surface area contributed by atoms with E-state index in [1.54, 1.807) is 0 Å². The van der Waals surface area contributed by atoms with E-state index in [0.717, 1.165) is 5.92 Å². The fraction of sp³-hybridized carbons (Fsp3) is 0.900. The van der Waals surface area contributed by atoms with E-state index in [1.165, 1.54) is 19.3 Å². The highest BCUT2D eigenvalue weighted by Gasteiger charge is 2.50. The Labute approximate surface area is 64.0 Å². The summed E-state index contributed by atoms with van der Waals surface area (Å²) in [4.78, 5) is 0. The topological polar surface area (TPSA) is 0 Å². The van der Waals surface area contributed by atoms with E-state index in [4.69, 9.17) is 0 Å². The van der Waals surface area contributed by atoms with Crippen molar-refractivity contribution in [3.63, 3.8) is 0 Å². The number of hydrogen-bond acceptors (Lipinski definition) is 0. The highest BCUT2D eigenvalue weighted by molar-refractivity contribution is 5.12. The molecule has 0 spiro atoms. The maximum atomic E-state index is 3.61. The van der Waals surface area contributed by atoms with Crippen LogP contribution in [0.5, 0.6) is 0 Å². The van der Waals surface area contributed by atoms with Crippen molar-refractivity contribution in [2.75, 3.05) is 0 Å². The van der Waals surface area contributed by atoms with Crippen LogP contribution >= 0.6 is 0 Å². The summed E-state index contributed by atoms with van der Waals surface area (Å²) in [6.45, 7) is 7.13. The van der Waals surface area contributed by atoms with E-state index in [9.17, 15) is 0 Å². The van der Waals surface area contributed by atoms with Gasteiger partial charge in [-0.15, -0.1) is 0 Å². The molecule has 0 saturated heterocycles. The van der Waals surface area contributed by atoms with Crippen molar-refractivity contribution in [2.45, 2.75) is 40.0 Å². The minimum atomic E-state index is 0.506. The van der Waals surface area contributed by atoms with Crippen LogP contribution in [-0.4, -0.2) is 0 Å². The van der Waals surface area contributed by atoms with Gasteiger partial charge in [0.1, 0.15) is 0 Å². The molecule has 56 valence electrons. The first-order valence-corrected chi connectivity index (χ1v) is 4.27. The second kappa shape index (κ2) is 1.60. The average molecular weight is 136 g/mol. The van der Waals surface area contributed by atoms with Gasteiger partial charge >= 0.3 is 0 Å². The zero-order valence-corrected chi connectivity index (χ0v) is 7.20. The lowest BCUT2D eigenvalue weighted by Gasteiger charge is -2.56. The van der Waals surface area contributed by atoms with E-state index in [-0.39, 0.29) is 0 Å². The maximum absolute atomic E-state index is 3.61. The summed E-state index contributed by atoms with van der Waals surface area (Å²) in [5, 5.41) is 0. The Balaban J connectivity index is 2.12. The fourth-order valence-corrected chi connectivity index (χ4v) is 3.06. The van der Waals surface area contributed by atoms with Crippen LogP contribution < -0.4 is 0 Å². The minimum absolute atomic E-state index is 0.506. The third-order valence-corrected chi connectivity index (χ3v) is 2.92. The lowest BCUT2D eigenvalue weighted by molar-refractivity contribution is 0.00664. The molecule has 3 aliphatic rings. The van der Waals surface area contributed by atoms with Crippen LogP contribution in [0.4, 0.5) is 0 Å². The Hall–Kier alpha value is 0. The van der Waals surface area contributed by atoms with Crippen molar-refractivity contribution < 1.29 is 0 Å². The summed E-state index contributed by atoms with van der Waals surface area (Å²) >= 11 is 0. The molecule has 2 unspecified atom stereocenters. The van der Waals surface area contributed by atoms with Gasteiger partial charge in [0.25, 0.3) is 0 Å². The lowest BCUT2D eigenvalue weighted by atomic mass is 9.49. The lowest BCUT2D eigenvalue weighted by Crippen LogP contribution is -2.46. The molecular weight excluding hydrogens is 120 g/mol. The summed E-state index contributed by atoms with van der Waals surface area (Å²) in [5.74, 6) is 0.841. The zero-order valence-electron chi connectivity index (χ0n) is 7.20. The number of fused-ring (bicyclic) bond motifs is 2. The number of hydrogen-bond donors (Lipinski definition) is 0. The molecule has 0 aliphatic heterocycles. The van der Waals surface area contributed by atoms with Gasteiger partial charge in [-0.2, -0.15) is 0 Å². The van der Waals surface area contributed by atoms with E-state index in [0.29, 0.717) is 10.8 Å². The first-order valence-electron chi connectivity index (χ1n) is 4.27. The molecular formula is C10H16. The van der Waals surface area contributed by atoms with Crippen molar-refractivity contribution in [1.29, 1.82) is 0 Å². The summed E-state index contributed by atoms with van der Waals surface area (Å²) in [6.07, 6.45) is 7.76. The van der Waals surface area contributed by atoms with Crippen molar-refractivity contribution in [1.82, 2.24) is 0 Å². The molecule has 2 bridgehead atoms. The van der Waals surface area contributed by atoms with E-state index >= 15 is 0 Å². The normalized spacial score (nSPS) is 50.1. The Morgan fingerprint density at radius 1 is 1.20 bits per heavy atom. The molecule has 0 heteroatoms. The van der Waals surface area contributed by atoms with Gasteiger partial charge in [-0.05, 0) is 42.4 Å². The van der Waals surface area contributed by atoms with Gasteiger partial charge < -0.3 is 0 Å². The number of rotatable bonds is 0. The molecule has 3 fully saturated rings. The van der Waals surface area contributed by atoms with E-state index in [2.05, 4.69) is 27.2 Å². The molecule has 0 amide bonds. The van der Waals surface area contributed by atoms with E-state index < -0.39 is 0 Å². The summed E-state index contributed by atoms with van der Waals surface area (Å²) in [6, 6.07) is 0. The third-order valence-electron chi connectivity index (χ3n) is 2.92. The van der Waals surface area contributed by atoms with Crippen LogP contribution in [0.15, 0.2) is 0 Å². The molecule has 3 rings (SSSR count). The average Bonchev–Trinajstić information content (AvgIpc) is 1.54. The molecule has 0 aromatic rings. The van der Waals surface area contributed by atoms with E-state index in [1.807, 2.05) is 0 Å². The van der Waals surface area contributed by atoms with Crippen LogP contribution in [0.25, 0.3) is 0 Å². The SMILES string of the molecule is CC1(C)CC2[C]C(C)(C2)C1. The summed E-state index contributed by atoms with van der Waals surface area (Å²) in [5.41, 5.74) is 1.11. The monoisotopic (exact) mass is 136 g/mol.